The molecule has 0 aliphatic carbocycles. The maximum absolute atomic E-state index is 11.6. The third-order valence-corrected chi connectivity index (χ3v) is 2.17. The van der Waals surface area contributed by atoms with E-state index in [0.717, 1.165) is 18.4 Å². The van der Waals surface area contributed by atoms with Crippen molar-refractivity contribution in [2.45, 2.75) is 26.7 Å². The van der Waals surface area contributed by atoms with Gasteiger partial charge in [-0.05, 0) is 31.0 Å². The minimum absolute atomic E-state index is 0.0861. The van der Waals surface area contributed by atoms with E-state index in [2.05, 4.69) is 0 Å². The van der Waals surface area contributed by atoms with E-state index >= 15 is 0 Å². The summed E-state index contributed by atoms with van der Waals surface area (Å²) in [7, 11) is 0. The van der Waals surface area contributed by atoms with Crippen molar-refractivity contribution in [3.8, 4) is 5.75 Å². The highest BCUT2D eigenvalue weighted by atomic mass is 16.5. The second kappa shape index (κ2) is 5.39. The Bertz CT molecular complexity index is 345. The number of carbonyl (C=O) groups is 1. The Morgan fingerprint density at radius 3 is 2.87 bits per heavy atom. The van der Waals surface area contributed by atoms with E-state index in [4.69, 9.17) is 4.74 Å². The number of esters is 1. The average Bonchev–Trinajstić information content (AvgIpc) is 2.22. The summed E-state index contributed by atoms with van der Waals surface area (Å²) in [4.78, 5) is 11.6. The topological polar surface area (TPSA) is 46.5 Å². The molecule has 1 N–H and O–H groups in total. The molecule has 1 aromatic carbocycles. The molecule has 0 saturated heterocycles. The van der Waals surface area contributed by atoms with Gasteiger partial charge in [0.1, 0.15) is 5.75 Å². The summed E-state index contributed by atoms with van der Waals surface area (Å²) in [6, 6.07) is 4.69. The predicted molar refractivity (Wildman–Crippen MR) is 58.0 cm³/mol. The average molecular weight is 208 g/mol. The molecule has 82 valence electrons. The predicted octanol–water partition coefficient (Wildman–Crippen LogP) is 2.66. The van der Waals surface area contributed by atoms with Crippen molar-refractivity contribution in [3.63, 3.8) is 0 Å². The third-order valence-electron chi connectivity index (χ3n) is 2.17. The summed E-state index contributed by atoms with van der Waals surface area (Å²) in [5.74, 6) is -0.278. The van der Waals surface area contributed by atoms with Crippen molar-refractivity contribution in [1.82, 2.24) is 0 Å². The number of unbranched alkanes of at least 4 members (excludes halogenated alkanes) is 1. The summed E-state index contributed by atoms with van der Waals surface area (Å²) >= 11 is 0. The summed E-state index contributed by atoms with van der Waals surface area (Å²) in [5.41, 5.74) is 1.25. The van der Waals surface area contributed by atoms with Crippen molar-refractivity contribution in [2.24, 2.45) is 0 Å². The lowest BCUT2D eigenvalue weighted by atomic mass is 10.1. The number of benzene rings is 1. The minimum Gasteiger partial charge on any atom is -0.508 e. The standard InChI is InChI=1S/C12H16O3/c1-3-4-7-15-12(14)11-8-10(13)6-5-9(11)2/h5-6,8,13H,3-4,7H2,1-2H3. The fraction of sp³-hybridized carbons (Fsp3) is 0.417. The first-order chi connectivity index (χ1) is 7.15. The second-order valence-electron chi connectivity index (χ2n) is 3.49. The van der Waals surface area contributed by atoms with Crippen molar-refractivity contribution in [3.05, 3.63) is 29.3 Å². The largest absolute Gasteiger partial charge is 0.508 e. The van der Waals surface area contributed by atoms with Crippen LogP contribution in [0.4, 0.5) is 0 Å². The van der Waals surface area contributed by atoms with Crippen LogP contribution in [0.2, 0.25) is 0 Å². The molecule has 0 fully saturated rings. The summed E-state index contributed by atoms with van der Waals surface area (Å²) in [6.07, 6.45) is 1.86. The van der Waals surface area contributed by atoms with E-state index in [1.807, 2.05) is 13.8 Å². The first-order valence-corrected chi connectivity index (χ1v) is 5.12. The number of hydrogen-bond acceptors (Lipinski definition) is 3. The first kappa shape index (κ1) is 11.6. The molecule has 1 rings (SSSR count). The Hall–Kier alpha value is -1.51. The van der Waals surface area contributed by atoms with E-state index in [1.165, 1.54) is 6.07 Å². The van der Waals surface area contributed by atoms with Gasteiger partial charge in [-0.1, -0.05) is 19.4 Å². The van der Waals surface area contributed by atoms with Crippen LogP contribution < -0.4 is 0 Å². The molecule has 0 saturated carbocycles. The van der Waals surface area contributed by atoms with Crippen molar-refractivity contribution in [1.29, 1.82) is 0 Å². The van der Waals surface area contributed by atoms with Crippen LogP contribution in [0.3, 0.4) is 0 Å². The molecule has 15 heavy (non-hydrogen) atoms. The van der Waals surface area contributed by atoms with Gasteiger partial charge in [-0.3, -0.25) is 0 Å². The minimum atomic E-state index is -0.364. The van der Waals surface area contributed by atoms with Gasteiger partial charge in [0.05, 0.1) is 12.2 Å². The molecule has 0 unspecified atom stereocenters. The summed E-state index contributed by atoms with van der Waals surface area (Å²) in [5, 5.41) is 9.25. The zero-order valence-electron chi connectivity index (χ0n) is 9.12. The molecule has 3 heteroatoms. The Morgan fingerprint density at radius 1 is 1.47 bits per heavy atom. The molecule has 1 aromatic rings. The number of aromatic hydroxyl groups is 1. The lowest BCUT2D eigenvalue weighted by Gasteiger charge is -2.06. The number of carbonyl (C=O) groups excluding carboxylic acids is 1. The Kier molecular flexibility index (Phi) is 4.16. The smallest absolute Gasteiger partial charge is 0.338 e. The Labute approximate surface area is 89.7 Å². The highest BCUT2D eigenvalue weighted by Crippen LogP contribution is 2.16. The van der Waals surface area contributed by atoms with Crippen molar-refractivity contribution in [2.75, 3.05) is 6.61 Å². The first-order valence-electron chi connectivity index (χ1n) is 5.12. The number of rotatable bonds is 4. The van der Waals surface area contributed by atoms with Crippen molar-refractivity contribution < 1.29 is 14.6 Å². The highest BCUT2D eigenvalue weighted by molar-refractivity contribution is 5.91. The molecule has 0 amide bonds. The monoisotopic (exact) mass is 208 g/mol. The number of phenols is 1. The van der Waals surface area contributed by atoms with Crippen LogP contribution in [-0.4, -0.2) is 17.7 Å². The molecule has 0 atom stereocenters. The molecule has 0 aliphatic rings. The normalized spacial score (nSPS) is 10.0. The molecular weight excluding hydrogens is 192 g/mol. The van der Waals surface area contributed by atoms with Gasteiger partial charge in [0.25, 0.3) is 0 Å². The van der Waals surface area contributed by atoms with Gasteiger partial charge in [0, 0.05) is 0 Å². The van der Waals surface area contributed by atoms with Gasteiger partial charge in [0.2, 0.25) is 0 Å². The summed E-state index contributed by atoms with van der Waals surface area (Å²) < 4.78 is 5.05. The van der Waals surface area contributed by atoms with Crippen molar-refractivity contribution >= 4 is 5.97 Å². The fourth-order valence-corrected chi connectivity index (χ4v) is 1.22. The van der Waals surface area contributed by atoms with E-state index in [-0.39, 0.29) is 11.7 Å². The maximum Gasteiger partial charge on any atom is 0.338 e. The van der Waals surface area contributed by atoms with Crippen LogP contribution in [-0.2, 0) is 4.74 Å². The molecule has 0 heterocycles. The highest BCUT2D eigenvalue weighted by Gasteiger charge is 2.10. The van der Waals surface area contributed by atoms with E-state index < -0.39 is 0 Å². The van der Waals surface area contributed by atoms with Crippen LogP contribution in [0.25, 0.3) is 0 Å². The molecule has 0 bridgehead atoms. The number of ether oxygens (including phenoxy) is 1. The fourth-order valence-electron chi connectivity index (χ4n) is 1.22. The zero-order valence-corrected chi connectivity index (χ0v) is 9.12. The van der Waals surface area contributed by atoms with Gasteiger partial charge in [0.15, 0.2) is 0 Å². The molecule has 3 nitrogen and oxygen atoms in total. The zero-order chi connectivity index (χ0) is 11.3. The van der Waals surface area contributed by atoms with Crippen LogP contribution in [0.1, 0.15) is 35.7 Å². The number of phenolic OH excluding ortho intramolecular Hbond substituents is 1. The summed E-state index contributed by atoms with van der Waals surface area (Å²) in [6.45, 7) is 4.29. The lowest BCUT2D eigenvalue weighted by molar-refractivity contribution is 0.0498. The van der Waals surface area contributed by atoms with Gasteiger partial charge in [-0.15, -0.1) is 0 Å². The molecule has 0 aromatic heterocycles. The van der Waals surface area contributed by atoms with E-state index in [0.29, 0.717) is 12.2 Å². The van der Waals surface area contributed by atoms with Gasteiger partial charge in [-0.2, -0.15) is 0 Å². The van der Waals surface area contributed by atoms with Crippen LogP contribution in [0.5, 0.6) is 5.75 Å². The van der Waals surface area contributed by atoms with Gasteiger partial charge < -0.3 is 9.84 Å². The van der Waals surface area contributed by atoms with Crippen LogP contribution in [0.15, 0.2) is 18.2 Å². The van der Waals surface area contributed by atoms with Crippen LogP contribution in [0, 0.1) is 6.92 Å². The Morgan fingerprint density at radius 2 is 2.20 bits per heavy atom. The number of aryl methyl sites for hydroxylation is 1. The number of hydrogen-bond donors (Lipinski definition) is 1. The Balaban J connectivity index is 2.68. The lowest BCUT2D eigenvalue weighted by Crippen LogP contribution is -2.07. The van der Waals surface area contributed by atoms with Crippen LogP contribution >= 0.6 is 0 Å². The van der Waals surface area contributed by atoms with E-state index in [9.17, 15) is 9.90 Å². The van der Waals surface area contributed by atoms with E-state index in [1.54, 1.807) is 12.1 Å². The van der Waals surface area contributed by atoms with Gasteiger partial charge in [-0.25, -0.2) is 4.79 Å². The SMILES string of the molecule is CCCCOC(=O)c1cc(O)ccc1C. The second-order valence-corrected chi connectivity index (χ2v) is 3.49. The maximum atomic E-state index is 11.6. The molecule has 0 radical (unpaired) electrons. The molecule has 0 aliphatic heterocycles. The van der Waals surface area contributed by atoms with Gasteiger partial charge >= 0.3 is 5.97 Å². The quantitative estimate of drug-likeness (QED) is 0.611. The molecule has 0 spiro atoms. The third kappa shape index (κ3) is 3.27. The molecular formula is C12H16O3.